The van der Waals surface area contributed by atoms with Gasteiger partial charge in [0.2, 0.25) is 0 Å². The van der Waals surface area contributed by atoms with E-state index in [1.54, 1.807) is 14.2 Å². The predicted octanol–water partition coefficient (Wildman–Crippen LogP) is 17.5. The summed E-state index contributed by atoms with van der Waals surface area (Å²) >= 11 is 0. The molecule has 2 aliphatic carbocycles. The van der Waals surface area contributed by atoms with E-state index in [-0.39, 0.29) is 42.7 Å². The molecule has 0 aromatic heterocycles. The monoisotopic (exact) mass is 1000 g/mol. The zero-order valence-electron chi connectivity index (χ0n) is 46.9. The number of esters is 2. The van der Waals surface area contributed by atoms with E-state index in [1.807, 2.05) is 12.1 Å². The number of ketones is 1. The highest BCUT2D eigenvalue weighted by molar-refractivity contribution is 5.96. The van der Waals surface area contributed by atoms with Crippen LogP contribution in [0, 0.1) is 5.92 Å². The molecule has 1 aromatic carbocycles. The van der Waals surface area contributed by atoms with E-state index in [9.17, 15) is 14.4 Å². The second-order valence-corrected chi connectivity index (χ2v) is 22.1. The normalized spacial score (nSPS) is 18.6. The van der Waals surface area contributed by atoms with E-state index in [0.717, 1.165) is 68.2 Å². The number of hydrogen-bond acceptors (Lipinski definition) is 8. The molecule has 1 aromatic rings. The van der Waals surface area contributed by atoms with Crippen molar-refractivity contribution in [1.82, 2.24) is 4.90 Å². The zero-order valence-corrected chi connectivity index (χ0v) is 46.9. The predicted molar refractivity (Wildman–Crippen MR) is 299 cm³/mol. The Morgan fingerprint density at radius 3 is 1.51 bits per heavy atom. The van der Waals surface area contributed by atoms with E-state index in [1.165, 1.54) is 180 Å². The first-order chi connectivity index (χ1) is 35.3. The van der Waals surface area contributed by atoms with Crippen LogP contribution in [0.25, 0.3) is 0 Å². The summed E-state index contributed by atoms with van der Waals surface area (Å²) in [5.41, 5.74) is 2.17. The van der Waals surface area contributed by atoms with E-state index in [0.29, 0.717) is 36.5 Å². The topological polar surface area (TPSA) is 91.4 Å². The van der Waals surface area contributed by atoms with Gasteiger partial charge >= 0.3 is 11.9 Å². The first-order valence-electron chi connectivity index (χ1n) is 30.2. The number of rotatable bonds is 43. The molecule has 3 atom stereocenters. The van der Waals surface area contributed by atoms with Crippen molar-refractivity contribution in [3.8, 4) is 11.5 Å². The van der Waals surface area contributed by atoms with E-state index in [2.05, 4.69) is 50.1 Å². The third-order valence-electron chi connectivity index (χ3n) is 16.3. The molecule has 4 rings (SSSR count). The van der Waals surface area contributed by atoms with E-state index in [4.69, 9.17) is 18.9 Å². The number of carbonyl (C=O) groups is 3. The summed E-state index contributed by atoms with van der Waals surface area (Å²) in [7, 11) is 5.32. The smallest absolute Gasteiger partial charge is 0.311 e. The van der Waals surface area contributed by atoms with Crippen LogP contribution in [0.15, 0.2) is 42.2 Å². The summed E-state index contributed by atoms with van der Waals surface area (Å²) in [6.07, 6.45) is 56.5. The average molecular weight is 1000 g/mol. The third kappa shape index (κ3) is 21.8. The van der Waals surface area contributed by atoms with Gasteiger partial charge in [-0.2, -0.15) is 0 Å². The summed E-state index contributed by atoms with van der Waals surface area (Å²) in [6, 6.07) is 2.02. The Kier molecular flexibility index (Phi) is 31.7. The van der Waals surface area contributed by atoms with Crippen LogP contribution in [0.4, 0.5) is 0 Å². The molecule has 0 amide bonds. The standard InChI is InChI=1S/C64H105NO7/c1-6-8-10-12-14-16-18-20-22-24-26-28-30-32-34-36-38-40-42-44-60(67)71-52-53-48-59(70-5)63(62-54(53)49-56-55-50-58(69-4)57(66)51-64(55,62)46-47-65(56)3)72-61(68)45-43-41-39-37-35-33-31-29-27-25-23-21-19-17-15-13-11-9-7-2/h20-23,48,50,55-56H,6-19,24-47,49,51-52H2,1-5H3/b22-20+,23-21+/t55-,56+,64-/m1/s1. The fourth-order valence-electron chi connectivity index (χ4n) is 11.9. The minimum Gasteiger partial charge on any atom is -0.493 e. The van der Waals surface area contributed by atoms with Crippen LogP contribution in [0.2, 0.25) is 0 Å². The van der Waals surface area contributed by atoms with Crippen LogP contribution in [0.3, 0.4) is 0 Å². The molecule has 1 saturated heterocycles. The molecule has 3 aliphatic rings. The fraction of sp³-hybridized carbons (Fsp3) is 0.766. The second-order valence-electron chi connectivity index (χ2n) is 22.1. The van der Waals surface area contributed by atoms with Gasteiger partial charge in [-0.15, -0.1) is 0 Å². The molecular weight excluding hydrogens is 895 g/mol. The van der Waals surface area contributed by atoms with Crippen LogP contribution in [0.1, 0.15) is 275 Å². The number of Topliss-reactive ketones (excluding diaryl/α,β-unsaturated/α-hetero) is 1. The highest BCUT2D eigenvalue weighted by Crippen LogP contribution is 2.59. The second kappa shape index (κ2) is 37.4. The SMILES string of the molecule is CCCCCCCC/C=C/CCCCCCCCCCCC(=O)OCc1cc(OC)c(OC(=O)CCCCCCCCCCC/C=C/CCCCCCCC)c2c1C[C@H]1[C@H]3C=C(OC)C(=O)C[C@@]23CCN1C. The van der Waals surface area contributed by atoms with Gasteiger partial charge in [0, 0.05) is 42.2 Å². The fourth-order valence-corrected chi connectivity index (χ4v) is 11.9. The van der Waals surface area contributed by atoms with Crippen LogP contribution >= 0.6 is 0 Å². The van der Waals surface area contributed by atoms with Gasteiger partial charge in [0.05, 0.1) is 14.2 Å². The van der Waals surface area contributed by atoms with Crippen molar-refractivity contribution in [2.75, 3.05) is 27.8 Å². The maximum absolute atomic E-state index is 13.7. The minimum absolute atomic E-state index is 0.0142. The Hall–Kier alpha value is -3.39. The molecule has 1 fully saturated rings. The number of ether oxygens (including phenoxy) is 4. The molecule has 1 heterocycles. The lowest BCUT2D eigenvalue weighted by molar-refractivity contribution is -0.145. The first-order valence-corrected chi connectivity index (χ1v) is 30.2. The number of benzene rings is 1. The van der Waals surface area contributed by atoms with Gasteiger partial charge in [-0.05, 0) is 114 Å². The van der Waals surface area contributed by atoms with Crippen LogP contribution in [-0.2, 0) is 42.3 Å². The number of fused-ring (bicyclic) bond motifs is 1. The summed E-state index contributed by atoms with van der Waals surface area (Å²) in [4.78, 5) is 43.1. The summed E-state index contributed by atoms with van der Waals surface area (Å²) in [5.74, 6) is 0.771. The Balaban J connectivity index is 1.21. The van der Waals surface area contributed by atoms with Gasteiger partial charge < -0.3 is 23.8 Å². The molecule has 0 saturated carbocycles. The molecular formula is C64H105NO7. The Bertz CT molecular complexity index is 1760. The lowest BCUT2D eigenvalue weighted by atomic mass is 9.53. The summed E-state index contributed by atoms with van der Waals surface area (Å²) in [6.45, 7) is 5.48. The maximum Gasteiger partial charge on any atom is 0.311 e. The van der Waals surface area contributed by atoms with Crippen molar-refractivity contribution >= 4 is 17.7 Å². The van der Waals surface area contributed by atoms with Gasteiger partial charge in [-0.1, -0.05) is 192 Å². The largest absolute Gasteiger partial charge is 0.493 e. The average Bonchev–Trinajstić information content (AvgIpc) is 3.38. The van der Waals surface area contributed by atoms with Crippen molar-refractivity contribution in [3.05, 3.63) is 58.9 Å². The third-order valence-corrected chi connectivity index (χ3v) is 16.3. The number of hydrogen-bond donors (Lipinski definition) is 0. The Morgan fingerprint density at radius 1 is 0.611 bits per heavy atom. The van der Waals surface area contributed by atoms with Gasteiger partial charge in [-0.3, -0.25) is 14.4 Å². The van der Waals surface area contributed by atoms with Crippen molar-refractivity contribution in [1.29, 1.82) is 0 Å². The molecule has 8 nitrogen and oxygen atoms in total. The lowest BCUT2D eigenvalue weighted by Crippen LogP contribution is -2.60. The van der Waals surface area contributed by atoms with Crippen LogP contribution < -0.4 is 9.47 Å². The minimum atomic E-state index is -0.596. The molecule has 1 aliphatic heterocycles. The molecule has 0 unspecified atom stereocenters. The highest BCUT2D eigenvalue weighted by Gasteiger charge is 2.57. The number of likely N-dealkylation sites (N-methyl/N-ethyl adjacent to an activating group) is 1. The number of piperidine rings is 1. The van der Waals surface area contributed by atoms with Crippen molar-refractivity contribution in [3.63, 3.8) is 0 Å². The number of likely N-dealkylation sites (tertiary alicyclic amines) is 1. The molecule has 0 radical (unpaired) electrons. The van der Waals surface area contributed by atoms with E-state index >= 15 is 0 Å². The molecule has 72 heavy (non-hydrogen) atoms. The number of methoxy groups -OCH3 is 2. The molecule has 0 N–H and O–H groups in total. The number of carbonyl (C=O) groups excluding carboxylic acids is 3. The number of allylic oxidation sites excluding steroid dienone is 5. The summed E-state index contributed by atoms with van der Waals surface area (Å²) in [5, 5.41) is 0. The molecule has 8 heteroatoms. The quantitative estimate of drug-likeness (QED) is 0.0277. The zero-order chi connectivity index (χ0) is 51.5. The van der Waals surface area contributed by atoms with Crippen molar-refractivity contribution in [2.45, 2.75) is 282 Å². The number of nitrogens with zero attached hydrogens (tertiary/aromatic N) is 1. The van der Waals surface area contributed by atoms with Gasteiger partial charge in [-0.25, -0.2) is 0 Å². The van der Waals surface area contributed by atoms with Gasteiger partial charge in [0.1, 0.15) is 6.61 Å². The van der Waals surface area contributed by atoms with E-state index < -0.39 is 5.41 Å². The highest BCUT2D eigenvalue weighted by atomic mass is 16.6. The lowest BCUT2D eigenvalue weighted by Gasteiger charge is -2.57. The van der Waals surface area contributed by atoms with Crippen molar-refractivity contribution < 1.29 is 33.3 Å². The van der Waals surface area contributed by atoms with Crippen LogP contribution in [-0.4, -0.2) is 56.5 Å². The summed E-state index contributed by atoms with van der Waals surface area (Å²) < 4.78 is 24.1. The molecule has 0 spiro atoms. The Morgan fingerprint density at radius 2 is 1.06 bits per heavy atom. The van der Waals surface area contributed by atoms with Gasteiger partial charge in [0.15, 0.2) is 23.0 Å². The number of unbranched alkanes of at least 4 members (excludes halogenated alkanes) is 30. The van der Waals surface area contributed by atoms with Crippen molar-refractivity contribution in [2.24, 2.45) is 5.92 Å². The molecule has 408 valence electrons. The first kappa shape index (κ1) is 61.2. The maximum atomic E-state index is 13.7. The van der Waals surface area contributed by atoms with Crippen LogP contribution in [0.5, 0.6) is 11.5 Å². The van der Waals surface area contributed by atoms with Gasteiger partial charge in [0.25, 0.3) is 0 Å². The molecule has 2 bridgehead atoms. The Labute approximate surface area is 440 Å².